The molecule has 5 heteroatoms. The summed E-state index contributed by atoms with van der Waals surface area (Å²) in [5.74, 6) is 1.70. The van der Waals surface area contributed by atoms with E-state index in [0.717, 1.165) is 0 Å². The number of nitrogens with zero attached hydrogens (tertiary/aromatic N) is 1. The van der Waals surface area contributed by atoms with E-state index in [1.807, 2.05) is 7.05 Å². The van der Waals surface area contributed by atoms with Gasteiger partial charge in [-0.2, -0.15) is 0 Å². The maximum absolute atomic E-state index is 12.5. The number of halogens is 1. The molecule has 108 valence electrons. The maximum atomic E-state index is 12.5. The molecular formula is C15H18ClNO3. The van der Waals surface area contributed by atoms with Gasteiger partial charge in [0.05, 0.1) is 5.02 Å². The van der Waals surface area contributed by atoms with E-state index in [1.54, 1.807) is 17.0 Å². The molecule has 1 saturated carbocycles. The van der Waals surface area contributed by atoms with Crippen LogP contribution in [-0.2, 0) is 0 Å². The molecule has 1 unspecified atom stereocenters. The second-order valence-electron chi connectivity index (χ2n) is 5.48. The van der Waals surface area contributed by atoms with E-state index in [-0.39, 0.29) is 11.9 Å². The van der Waals surface area contributed by atoms with Gasteiger partial charge >= 0.3 is 0 Å². The molecule has 0 bridgehead atoms. The number of fused-ring (bicyclic) bond motifs is 1. The van der Waals surface area contributed by atoms with Crippen LogP contribution in [0.2, 0.25) is 5.02 Å². The van der Waals surface area contributed by atoms with Crippen LogP contribution in [0.3, 0.4) is 0 Å². The largest absolute Gasteiger partial charge is 0.486 e. The Kier molecular flexibility index (Phi) is 3.50. The van der Waals surface area contributed by atoms with Crippen LogP contribution in [0.25, 0.3) is 0 Å². The Morgan fingerprint density at radius 2 is 2.05 bits per heavy atom. The van der Waals surface area contributed by atoms with Gasteiger partial charge in [0.15, 0.2) is 11.5 Å². The fraction of sp³-hybridized carbons (Fsp3) is 0.533. The van der Waals surface area contributed by atoms with Crippen molar-refractivity contribution < 1.29 is 14.3 Å². The third-order valence-corrected chi connectivity index (χ3v) is 4.36. The molecular weight excluding hydrogens is 278 g/mol. The number of hydrogen-bond donors (Lipinski definition) is 0. The van der Waals surface area contributed by atoms with Crippen molar-refractivity contribution in [1.29, 1.82) is 0 Å². The zero-order chi connectivity index (χ0) is 14.3. The molecule has 1 atom stereocenters. The van der Waals surface area contributed by atoms with Crippen LogP contribution in [0, 0.1) is 5.92 Å². The van der Waals surface area contributed by atoms with Crippen molar-refractivity contribution in [2.75, 3.05) is 20.3 Å². The zero-order valence-corrected chi connectivity index (χ0v) is 12.4. The van der Waals surface area contributed by atoms with Crippen molar-refractivity contribution in [3.63, 3.8) is 0 Å². The Morgan fingerprint density at radius 3 is 2.75 bits per heavy atom. The SMILES string of the molecule is CC(C1CC1)N(C)C(=O)c1cc(Cl)c2c(c1)OCCO2. The number of amides is 1. The van der Waals surface area contributed by atoms with E-state index >= 15 is 0 Å². The first-order valence-corrected chi connectivity index (χ1v) is 7.32. The van der Waals surface area contributed by atoms with E-state index < -0.39 is 0 Å². The lowest BCUT2D eigenvalue weighted by atomic mass is 10.1. The summed E-state index contributed by atoms with van der Waals surface area (Å²) in [6.07, 6.45) is 2.42. The molecule has 0 spiro atoms. The number of ether oxygens (including phenoxy) is 2. The lowest BCUT2D eigenvalue weighted by Crippen LogP contribution is -2.36. The van der Waals surface area contributed by atoms with Gasteiger partial charge in [-0.05, 0) is 37.8 Å². The molecule has 1 aromatic rings. The molecule has 1 aliphatic heterocycles. The van der Waals surface area contributed by atoms with Crippen LogP contribution >= 0.6 is 11.6 Å². The molecule has 20 heavy (non-hydrogen) atoms. The quantitative estimate of drug-likeness (QED) is 0.860. The minimum Gasteiger partial charge on any atom is -0.486 e. The normalized spacial score (nSPS) is 18.6. The van der Waals surface area contributed by atoms with Crippen molar-refractivity contribution >= 4 is 17.5 Å². The highest BCUT2D eigenvalue weighted by Crippen LogP contribution is 2.39. The van der Waals surface area contributed by atoms with Gasteiger partial charge in [-0.15, -0.1) is 0 Å². The van der Waals surface area contributed by atoms with Crippen molar-refractivity contribution in [1.82, 2.24) is 4.90 Å². The maximum Gasteiger partial charge on any atom is 0.254 e. The highest BCUT2D eigenvalue weighted by molar-refractivity contribution is 6.32. The molecule has 1 fully saturated rings. The van der Waals surface area contributed by atoms with Crippen LogP contribution in [0.1, 0.15) is 30.1 Å². The highest BCUT2D eigenvalue weighted by Gasteiger charge is 2.33. The summed E-state index contributed by atoms with van der Waals surface area (Å²) in [4.78, 5) is 14.3. The van der Waals surface area contributed by atoms with E-state index in [4.69, 9.17) is 21.1 Å². The molecule has 4 nitrogen and oxygen atoms in total. The number of rotatable bonds is 3. The van der Waals surface area contributed by atoms with Crippen LogP contribution in [0.5, 0.6) is 11.5 Å². The van der Waals surface area contributed by atoms with E-state index in [2.05, 4.69) is 6.92 Å². The van der Waals surface area contributed by atoms with Crippen LogP contribution < -0.4 is 9.47 Å². The van der Waals surface area contributed by atoms with Gasteiger partial charge in [0.2, 0.25) is 0 Å². The monoisotopic (exact) mass is 295 g/mol. The minimum absolute atomic E-state index is 0.0247. The molecule has 0 radical (unpaired) electrons. The van der Waals surface area contributed by atoms with Crippen molar-refractivity contribution in [2.24, 2.45) is 5.92 Å². The molecule has 1 aliphatic carbocycles. The van der Waals surface area contributed by atoms with Gasteiger partial charge in [-0.1, -0.05) is 11.6 Å². The smallest absolute Gasteiger partial charge is 0.254 e. The fourth-order valence-corrected chi connectivity index (χ4v) is 2.78. The second-order valence-corrected chi connectivity index (χ2v) is 5.88. The number of benzene rings is 1. The average molecular weight is 296 g/mol. The third kappa shape index (κ3) is 2.44. The summed E-state index contributed by atoms with van der Waals surface area (Å²) in [5.41, 5.74) is 0.550. The molecule has 0 saturated heterocycles. The molecule has 3 rings (SSSR count). The van der Waals surface area contributed by atoms with E-state index in [9.17, 15) is 4.79 Å². The predicted molar refractivity (Wildman–Crippen MR) is 76.7 cm³/mol. The lowest BCUT2D eigenvalue weighted by molar-refractivity contribution is 0.0726. The summed E-state index contributed by atoms with van der Waals surface area (Å²) in [6, 6.07) is 3.64. The average Bonchev–Trinajstić information content (AvgIpc) is 3.29. The highest BCUT2D eigenvalue weighted by atomic mass is 35.5. The predicted octanol–water partition coefficient (Wildman–Crippen LogP) is 2.98. The topological polar surface area (TPSA) is 38.8 Å². The molecule has 0 N–H and O–H groups in total. The van der Waals surface area contributed by atoms with E-state index in [0.29, 0.717) is 41.2 Å². The lowest BCUT2D eigenvalue weighted by Gasteiger charge is -2.26. The fourth-order valence-electron chi connectivity index (χ4n) is 2.52. The Balaban J connectivity index is 1.85. The standard InChI is InChI=1S/C15H18ClNO3/c1-9(10-3-4-10)17(2)15(18)11-7-12(16)14-13(8-11)19-5-6-20-14/h7-10H,3-6H2,1-2H3. The summed E-state index contributed by atoms with van der Waals surface area (Å²) < 4.78 is 11.0. The minimum atomic E-state index is -0.0247. The van der Waals surface area contributed by atoms with Crippen molar-refractivity contribution in [2.45, 2.75) is 25.8 Å². The molecule has 0 aromatic heterocycles. The summed E-state index contributed by atoms with van der Waals surface area (Å²) in [5, 5.41) is 0.429. The number of carbonyl (C=O) groups excluding carboxylic acids is 1. The summed E-state index contributed by atoms with van der Waals surface area (Å²) in [6.45, 7) is 3.06. The summed E-state index contributed by atoms with van der Waals surface area (Å²) >= 11 is 6.17. The third-order valence-electron chi connectivity index (χ3n) is 4.08. The van der Waals surface area contributed by atoms with Gasteiger partial charge < -0.3 is 14.4 Å². The Morgan fingerprint density at radius 1 is 1.35 bits per heavy atom. The van der Waals surface area contributed by atoms with Gasteiger partial charge in [0.1, 0.15) is 13.2 Å². The number of carbonyl (C=O) groups is 1. The Labute approximate surface area is 123 Å². The van der Waals surface area contributed by atoms with Crippen molar-refractivity contribution in [3.8, 4) is 11.5 Å². The Bertz CT molecular complexity index is 542. The van der Waals surface area contributed by atoms with Gasteiger partial charge in [-0.3, -0.25) is 4.79 Å². The van der Waals surface area contributed by atoms with E-state index in [1.165, 1.54) is 12.8 Å². The molecule has 1 amide bonds. The molecule has 2 aliphatic rings. The van der Waals surface area contributed by atoms with Crippen molar-refractivity contribution in [3.05, 3.63) is 22.7 Å². The van der Waals surface area contributed by atoms with Crippen LogP contribution in [0.15, 0.2) is 12.1 Å². The van der Waals surface area contributed by atoms with Crippen LogP contribution in [-0.4, -0.2) is 37.1 Å². The molecule has 1 aromatic carbocycles. The second kappa shape index (κ2) is 5.17. The summed E-state index contributed by atoms with van der Waals surface area (Å²) in [7, 11) is 1.84. The Hall–Kier alpha value is -1.42. The number of hydrogen-bond acceptors (Lipinski definition) is 3. The first-order valence-electron chi connectivity index (χ1n) is 6.94. The van der Waals surface area contributed by atoms with Gasteiger partial charge in [0, 0.05) is 18.7 Å². The molecule has 1 heterocycles. The van der Waals surface area contributed by atoms with Crippen LogP contribution in [0.4, 0.5) is 0 Å². The van der Waals surface area contributed by atoms with Gasteiger partial charge in [0.25, 0.3) is 5.91 Å². The first kappa shape index (κ1) is 13.6. The zero-order valence-electron chi connectivity index (χ0n) is 11.7. The van der Waals surface area contributed by atoms with Gasteiger partial charge in [-0.25, -0.2) is 0 Å². The first-order chi connectivity index (χ1) is 9.58.